The van der Waals surface area contributed by atoms with Gasteiger partial charge < -0.3 is 4.74 Å². The van der Waals surface area contributed by atoms with E-state index in [0.717, 1.165) is 11.4 Å². The molecular formula is C12H13NO3. The Morgan fingerprint density at radius 3 is 2.88 bits per heavy atom. The van der Waals surface area contributed by atoms with Gasteiger partial charge in [0.25, 0.3) is 0 Å². The molecule has 0 amide bonds. The van der Waals surface area contributed by atoms with Crippen molar-refractivity contribution in [3.63, 3.8) is 0 Å². The van der Waals surface area contributed by atoms with Crippen molar-refractivity contribution in [2.45, 2.75) is 25.7 Å². The van der Waals surface area contributed by atoms with Crippen LogP contribution >= 0.6 is 0 Å². The summed E-state index contributed by atoms with van der Waals surface area (Å²) >= 11 is 0. The Morgan fingerprint density at radius 1 is 1.44 bits per heavy atom. The molecule has 0 spiro atoms. The largest absolute Gasteiger partial charge is 0.468 e. The van der Waals surface area contributed by atoms with Crippen LogP contribution < -0.4 is 0 Å². The fraction of sp³-hybridized carbons (Fsp3) is 0.417. The van der Waals surface area contributed by atoms with Crippen molar-refractivity contribution in [1.29, 1.82) is 0 Å². The zero-order valence-electron chi connectivity index (χ0n) is 9.32. The third-order valence-corrected chi connectivity index (χ3v) is 2.83. The van der Waals surface area contributed by atoms with Crippen molar-refractivity contribution in [3.05, 3.63) is 29.1 Å². The number of Topliss-reactive ketones (excluding diaryl/α,β-unsaturated/α-hetero) is 1. The first-order valence-corrected chi connectivity index (χ1v) is 5.20. The number of carbonyl (C=O) groups is 2. The number of rotatable bonds is 1. The standard InChI is InChI=1S/C12H13NO3/c1-7-3-4-8-9(13-7)5-6-10(14)11(8)12(15)16-2/h3-4,11H,5-6H2,1-2H3. The molecule has 1 aliphatic carbocycles. The van der Waals surface area contributed by atoms with E-state index in [1.807, 2.05) is 13.0 Å². The number of nitrogens with zero attached hydrogens (tertiary/aromatic N) is 1. The van der Waals surface area contributed by atoms with Crippen molar-refractivity contribution in [3.8, 4) is 0 Å². The third kappa shape index (κ3) is 1.71. The topological polar surface area (TPSA) is 56.3 Å². The summed E-state index contributed by atoms with van der Waals surface area (Å²) in [5.74, 6) is -1.34. The molecule has 0 bridgehead atoms. The van der Waals surface area contributed by atoms with E-state index < -0.39 is 11.9 Å². The first kappa shape index (κ1) is 10.8. The molecule has 1 aromatic heterocycles. The second kappa shape index (κ2) is 4.04. The number of aryl methyl sites for hydroxylation is 2. The van der Waals surface area contributed by atoms with Crippen LogP contribution in [0.4, 0.5) is 0 Å². The van der Waals surface area contributed by atoms with Crippen LogP contribution in [0.1, 0.15) is 29.3 Å². The maximum atomic E-state index is 11.7. The molecule has 4 nitrogen and oxygen atoms in total. The van der Waals surface area contributed by atoms with Gasteiger partial charge in [0.05, 0.1) is 7.11 Å². The van der Waals surface area contributed by atoms with Crippen LogP contribution in [-0.4, -0.2) is 23.8 Å². The van der Waals surface area contributed by atoms with E-state index >= 15 is 0 Å². The number of carbonyl (C=O) groups excluding carboxylic acids is 2. The van der Waals surface area contributed by atoms with Gasteiger partial charge >= 0.3 is 5.97 Å². The number of aromatic nitrogens is 1. The molecule has 2 rings (SSSR count). The van der Waals surface area contributed by atoms with Crippen LogP contribution in [0.25, 0.3) is 0 Å². The van der Waals surface area contributed by atoms with E-state index in [0.29, 0.717) is 18.4 Å². The smallest absolute Gasteiger partial charge is 0.320 e. The molecule has 0 saturated carbocycles. The molecule has 0 aliphatic heterocycles. The molecule has 0 N–H and O–H groups in total. The maximum absolute atomic E-state index is 11.7. The molecule has 0 saturated heterocycles. The zero-order valence-corrected chi connectivity index (χ0v) is 9.32. The molecule has 84 valence electrons. The highest BCUT2D eigenvalue weighted by atomic mass is 16.5. The number of esters is 1. The lowest BCUT2D eigenvalue weighted by Crippen LogP contribution is -2.29. The fourth-order valence-corrected chi connectivity index (χ4v) is 2.02. The molecule has 1 unspecified atom stereocenters. The Bertz CT molecular complexity index is 454. The van der Waals surface area contributed by atoms with Gasteiger partial charge in [-0.3, -0.25) is 14.6 Å². The molecule has 16 heavy (non-hydrogen) atoms. The van der Waals surface area contributed by atoms with E-state index in [1.54, 1.807) is 6.07 Å². The lowest BCUT2D eigenvalue weighted by Gasteiger charge is -2.21. The number of hydrogen-bond acceptors (Lipinski definition) is 4. The van der Waals surface area contributed by atoms with Crippen molar-refractivity contribution >= 4 is 11.8 Å². The van der Waals surface area contributed by atoms with Gasteiger partial charge in [-0.15, -0.1) is 0 Å². The van der Waals surface area contributed by atoms with E-state index in [1.165, 1.54) is 7.11 Å². The van der Waals surface area contributed by atoms with Gasteiger partial charge in [-0.25, -0.2) is 0 Å². The van der Waals surface area contributed by atoms with Crippen LogP contribution in [0.15, 0.2) is 12.1 Å². The second-order valence-corrected chi connectivity index (χ2v) is 3.91. The van der Waals surface area contributed by atoms with Crippen molar-refractivity contribution < 1.29 is 14.3 Å². The minimum Gasteiger partial charge on any atom is -0.468 e. The molecule has 1 aliphatic rings. The second-order valence-electron chi connectivity index (χ2n) is 3.91. The average molecular weight is 219 g/mol. The molecular weight excluding hydrogens is 206 g/mol. The highest BCUT2D eigenvalue weighted by molar-refractivity contribution is 6.05. The van der Waals surface area contributed by atoms with Gasteiger partial charge in [0.2, 0.25) is 0 Å². The summed E-state index contributed by atoms with van der Waals surface area (Å²) in [6.45, 7) is 1.89. The predicted octanol–water partition coefficient (Wildman–Crippen LogP) is 1.16. The Balaban J connectivity index is 2.48. The van der Waals surface area contributed by atoms with E-state index in [-0.39, 0.29) is 5.78 Å². The highest BCUT2D eigenvalue weighted by Crippen LogP contribution is 2.29. The molecule has 0 aromatic carbocycles. The molecule has 1 aromatic rings. The monoisotopic (exact) mass is 219 g/mol. The van der Waals surface area contributed by atoms with Crippen LogP contribution in [0.2, 0.25) is 0 Å². The predicted molar refractivity (Wildman–Crippen MR) is 57.1 cm³/mol. The number of pyridine rings is 1. The number of fused-ring (bicyclic) bond motifs is 1. The van der Waals surface area contributed by atoms with Crippen LogP contribution in [0.3, 0.4) is 0 Å². The van der Waals surface area contributed by atoms with Crippen molar-refractivity contribution in [1.82, 2.24) is 4.98 Å². The normalized spacial score (nSPS) is 19.1. The van der Waals surface area contributed by atoms with E-state index in [2.05, 4.69) is 9.72 Å². The Hall–Kier alpha value is -1.71. The summed E-state index contributed by atoms with van der Waals surface area (Å²) in [4.78, 5) is 27.6. The zero-order chi connectivity index (χ0) is 11.7. The third-order valence-electron chi connectivity index (χ3n) is 2.83. The van der Waals surface area contributed by atoms with E-state index in [9.17, 15) is 9.59 Å². The highest BCUT2D eigenvalue weighted by Gasteiger charge is 2.34. The minimum atomic E-state index is -0.776. The SMILES string of the molecule is COC(=O)C1C(=O)CCc2nc(C)ccc21. The summed E-state index contributed by atoms with van der Waals surface area (Å²) in [5.41, 5.74) is 2.44. The summed E-state index contributed by atoms with van der Waals surface area (Å²) in [6, 6.07) is 3.61. The minimum absolute atomic E-state index is 0.0787. The lowest BCUT2D eigenvalue weighted by molar-refractivity contribution is -0.146. The first-order valence-electron chi connectivity index (χ1n) is 5.20. The number of ether oxygens (including phenoxy) is 1. The van der Waals surface area contributed by atoms with Gasteiger partial charge in [-0.05, 0) is 25.0 Å². The Labute approximate surface area is 93.6 Å². The average Bonchev–Trinajstić information content (AvgIpc) is 2.28. The number of ketones is 1. The van der Waals surface area contributed by atoms with Gasteiger partial charge in [0.1, 0.15) is 5.92 Å². The van der Waals surface area contributed by atoms with Crippen LogP contribution in [-0.2, 0) is 20.7 Å². The van der Waals surface area contributed by atoms with Crippen molar-refractivity contribution in [2.24, 2.45) is 0 Å². The molecule has 1 atom stereocenters. The Kier molecular flexibility index (Phi) is 2.73. The van der Waals surface area contributed by atoms with Crippen LogP contribution in [0.5, 0.6) is 0 Å². The first-order chi connectivity index (χ1) is 7.63. The summed E-state index contributed by atoms with van der Waals surface area (Å²) < 4.78 is 4.66. The molecule has 0 fully saturated rings. The van der Waals surface area contributed by atoms with Gasteiger partial charge in [0.15, 0.2) is 5.78 Å². The summed E-state index contributed by atoms with van der Waals surface area (Å²) in [5, 5.41) is 0. The summed E-state index contributed by atoms with van der Waals surface area (Å²) in [6.07, 6.45) is 0.979. The fourth-order valence-electron chi connectivity index (χ4n) is 2.02. The quantitative estimate of drug-likeness (QED) is 0.525. The Morgan fingerprint density at radius 2 is 2.19 bits per heavy atom. The van der Waals surface area contributed by atoms with Gasteiger partial charge in [-0.2, -0.15) is 0 Å². The molecule has 1 heterocycles. The summed E-state index contributed by atoms with van der Waals surface area (Å²) in [7, 11) is 1.30. The van der Waals surface area contributed by atoms with Gasteiger partial charge in [0, 0.05) is 17.8 Å². The maximum Gasteiger partial charge on any atom is 0.320 e. The molecule has 0 radical (unpaired) electrons. The lowest BCUT2D eigenvalue weighted by atomic mass is 9.84. The molecule has 4 heteroatoms. The van der Waals surface area contributed by atoms with Crippen LogP contribution in [0, 0.1) is 6.92 Å². The number of methoxy groups -OCH3 is 1. The number of hydrogen-bond donors (Lipinski definition) is 0. The van der Waals surface area contributed by atoms with E-state index in [4.69, 9.17) is 0 Å². The van der Waals surface area contributed by atoms with Gasteiger partial charge in [-0.1, -0.05) is 6.07 Å². The van der Waals surface area contributed by atoms with Crippen molar-refractivity contribution in [2.75, 3.05) is 7.11 Å².